The van der Waals surface area contributed by atoms with Gasteiger partial charge in [-0.25, -0.2) is 5.01 Å². The highest BCUT2D eigenvalue weighted by molar-refractivity contribution is 6.10. The Hall–Kier alpha value is -3.67. The molecule has 0 saturated carbocycles. The molecule has 6 heteroatoms. The number of pyridine rings is 1. The average molecular weight is 344 g/mol. The van der Waals surface area contributed by atoms with Crippen LogP contribution < -0.4 is 21.1 Å². The van der Waals surface area contributed by atoms with Crippen molar-refractivity contribution in [1.82, 2.24) is 4.98 Å². The minimum absolute atomic E-state index is 0.0133. The van der Waals surface area contributed by atoms with Gasteiger partial charge in [0, 0.05) is 0 Å². The summed E-state index contributed by atoms with van der Waals surface area (Å²) in [6.07, 6.45) is 1.73. The minimum Gasteiger partial charge on any atom is -0.494 e. The second-order valence-electron chi connectivity index (χ2n) is 6.04. The monoisotopic (exact) mass is 344 g/mol. The molecule has 0 fully saturated rings. The number of aryl methyl sites for hydroxylation is 1. The molecule has 2 aromatic carbocycles. The number of amidine groups is 1. The molecule has 0 bridgehead atoms. The highest BCUT2D eigenvalue weighted by Gasteiger charge is 2.26. The van der Waals surface area contributed by atoms with Crippen molar-refractivity contribution < 1.29 is 5.11 Å². The zero-order valence-corrected chi connectivity index (χ0v) is 14.0. The van der Waals surface area contributed by atoms with Gasteiger partial charge in [-0.1, -0.05) is 42.5 Å². The molecule has 128 valence electrons. The number of para-hydroxylation sites is 1. The number of rotatable bonds is 2. The maximum Gasteiger partial charge on any atom is 0.260 e. The van der Waals surface area contributed by atoms with E-state index in [4.69, 9.17) is 5.41 Å². The van der Waals surface area contributed by atoms with Gasteiger partial charge in [0.05, 0.1) is 10.9 Å². The van der Waals surface area contributed by atoms with E-state index in [2.05, 4.69) is 10.1 Å². The molecule has 0 spiro atoms. The van der Waals surface area contributed by atoms with Gasteiger partial charge in [0.15, 0.2) is 5.84 Å². The van der Waals surface area contributed by atoms with Crippen LogP contribution in [-0.4, -0.2) is 15.9 Å². The Labute approximate surface area is 148 Å². The van der Waals surface area contributed by atoms with Crippen molar-refractivity contribution in [2.75, 3.05) is 5.01 Å². The predicted molar refractivity (Wildman–Crippen MR) is 100 cm³/mol. The van der Waals surface area contributed by atoms with Crippen molar-refractivity contribution in [3.63, 3.8) is 0 Å². The van der Waals surface area contributed by atoms with Crippen LogP contribution in [0.15, 0.2) is 64.5 Å². The third-order valence-electron chi connectivity index (χ3n) is 4.34. The maximum atomic E-state index is 12.5. The number of aromatic hydroxyl groups is 1. The number of aromatic amines is 1. The summed E-state index contributed by atoms with van der Waals surface area (Å²) in [5.41, 5.74) is 2.35. The van der Waals surface area contributed by atoms with E-state index in [0.29, 0.717) is 16.3 Å². The molecule has 0 aliphatic carbocycles. The zero-order valence-electron chi connectivity index (χ0n) is 14.0. The average Bonchev–Trinajstić information content (AvgIpc) is 2.98. The van der Waals surface area contributed by atoms with Crippen LogP contribution >= 0.6 is 0 Å². The lowest BCUT2D eigenvalue weighted by Gasteiger charge is -2.13. The van der Waals surface area contributed by atoms with E-state index in [-0.39, 0.29) is 17.3 Å². The smallest absolute Gasteiger partial charge is 0.260 e. The Morgan fingerprint density at radius 1 is 1.12 bits per heavy atom. The highest BCUT2D eigenvalue weighted by Crippen LogP contribution is 2.21. The molecule has 1 aliphatic rings. The van der Waals surface area contributed by atoms with Crippen molar-refractivity contribution in [3.05, 3.63) is 92.2 Å². The Bertz CT molecular complexity index is 1200. The maximum absolute atomic E-state index is 12.5. The van der Waals surface area contributed by atoms with E-state index in [1.807, 2.05) is 61.5 Å². The van der Waals surface area contributed by atoms with Crippen LogP contribution in [0, 0.1) is 12.3 Å². The first-order valence-electron chi connectivity index (χ1n) is 8.11. The van der Waals surface area contributed by atoms with Gasteiger partial charge >= 0.3 is 0 Å². The van der Waals surface area contributed by atoms with E-state index in [1.165, 1.54) is 5.01 Å². The van der Waals surface area contributed by atoms with Gasteiger partial charge in [0.2, 0.25) is 5.88 Å². The lowest BCUT2D eigenvalue weighted by atomic mass is 10.1. The molecule has 2 heterocycles. The number of hydrogen-bond donors (Lipinski definition) is 3. The summed E-state index contributed by atoms with van der Waals surface area (Å²) in [6, 6.07) is 16.9. The van der Waals surface area contributed by atoms with Crippen LogP contribution in [0.4, 0.5) is 5.69 Å². The molecule has 3 N–H and O–H groups in total. The normalized spacial score (nSPS) is 13.7. The SMILES string of the molecule is Cc1ccccc1/C=c1/c(=O)[nH]c(O)c2c1=NN(c1ccccc1)C2=N. The van der Waals surface area contributed by atoms with Crippen molar-refractivity contribution >= 4 is 17.6 Å². The first kappa shape index (κ1) is 15.8. The summed E-state index contributed by atoms with van der Waals surface area (Å²) in [7, 11) is 0. The first-order chi connectivity index (χ1) is 12.6. The van der Waals surface area contributed by atoms with Crippen LogP contribution in [0.3, 0.4) is 0 Å². The summed E-state index contributed by atoms with van der Waals surface area (Å²) in [5, 5.41) is 25.1. The quantitative estimate of drug-likeness (QED) is 0.659. The fourth-order valence-corrected chi connectivity index (χ4v) is 2.97. The summed E-state index contributed by atoms with van der Waals surface area (Å²) in [4.78, 5) is 14.9. The summed E-state index contributed by atoms with van der Waals surface area (Å²) >= 11 is 0. The third kappa shape index (κ3) is 2.48. The fraction of sp³-hybridized carbons (Fsp3) is 0.0500. The lowest BCUT2D eigenvalue weighted by molar-refractivity contribution is 0.449. The largest absolute Gasteiger partial charge is 0.494 e. The van der Waals surface area contributed by atoms with Gasteiger partial charge in [-0.15, -0.1) is 0 Å². The summed E-state index contributed by atoms with van der Waals surface area (Å²) in [5.74, 6) is -0.335. The second kappa shape index (κ2) is 6.00. The van der Waals surface area contributed by atoms with E-state index < -0.39 is 5.56 Å². The molecule has 26 heavy (non-hydrogen) atoms. The molecule has 4 rings (SSSR count). The predicted octanol–water partition coefficient (Wildman–Crippen LogP) is 1.60. The summed E-state index contributed by atoms with van der Waals surface area (Å²) in [6.45, 7) is 1.95. The van der Waals surface area contributed by atoms with Crippen molar-refractivity contribution in [2.24, 2.45) is 5.10 Å². The molecule has 6 nitrogen and oxygen atoms in total. The van der Waals surface area contributed by atoms with Crippen LogP contribution in [0.5, 0.6) is 5.88 Å². The van der Waals surface area contributed by atoms with E-state index in [1.54, 1.807) is 6.08 Å². The van der Waals surface area contributed by atoms with Crippen LogP contribution in [0.2, 0.25) is 0 Å². The van der Waals surface area contributed by atoms with Crippen molar-refractivity contribution in [1.29, 1.82) is 5.41 Å². The molecule has 3 aromatic rings. The topological polar surface area (TPSA) is 92.5 Å². The van der Waals surface area contributed by atoms with Gasteiger partial charge in [-0.05, 0) is 36.3 Å². The molecule has 0 amide bonds. The van der Waals surface area contributed by atoms with Gasteiger partial charge in [0.1, 0.15) is 10.9 Å². The number of nitrogens with zero attached hydrogens (tertiary/aromatic N) is 2. The highest BCUT2D eigenvalue weighted by atomic mass is 16.3. The Morgan fingerprint density at radius 2 is 1.81 bits per heavy atom. The molecule has 0 radical (unpaired) electrons. The van der Waals surface area contributed by atoms with E-state index in [0.717, 1.165) is 11.1 Å². The zero-order chi connectivity index (χ0) is 18.3. The van der Waals surface area contributed by atoms with Crippen LogP contribution in [-0.2, 0) is 0 Å². The Morgan fingerprint density at radius 3 is 2.54 bits per heavy atom. The third-order valence-corrected chi connectivity index (χ3v) is 4.34. The van der Waals surface area contributed by atoms with Gasteiger partial charge in [0.25, 0.3) is 5.56 Å². The van der Waals surface area contributed by atoms with Gasteiger partial charge < -0.3 is 5.11 Å². The van der Waals surface area contributed by atoms with Crippen LogP contribution in [0.1, 0.15) is 16.7 Å². The fourth-order valence-electron chi connectivity index (χ4n) is 2.97. The number of hydrogen-bond acceptors (Lipinski definition) is 4. The number of anilines is 1. The van der Waals surface area contributed by atoms with Gasteiger partial charge in [-0.3, -0.25) is 15.2 Å². The Balaban J connectivity index is 2.02. The standard InChI is InChI=1S/C20H16N4O2/c1-12-7-5-6-8-13(12)11-15-17-16(20(26)22-19(15)25)18(21)24(23-17)14-9-3-2-4-10-14/h2-11,21,26H,1H3,(H,22,25)/b15-11+,21-18?. The molecule has 1 aromatic heterocycles. The molecule has 1 aliphatic heterocycles. The minimum atomic E-state index is -0.448. The van der Waals surface area contributed by atoms with Crippen molar-refractivity contribution in [3.8, 4) is 5.88 Å². The van der Waals surface area contributed by atoms with E-state index in [9.17, 15) is 9.90 Å². The number of benzene rings is 2. The number of H-pyrrole nitrogens is 1. The first-order valence-corrected chi connectivity index (χ1v) is 8.11. The lowest BCUT2D eigenvalue weighted by Crippen LogP contribution is -2.42. The van der Waals surface area contributed by atoms with Crippen LogP contribution in [0.25, 0.3) is 6.08 Å². The molecule has 0 unspecified atom stereocenters. The molecule has 0 atom stereocenters. The summed E-state index contributed by atoms with van der Waals surface area (Å²) < 4.78 is 0. The molecule has 0 saturated heterocycles. The number of aromatic nitrogens is 1. The van der Waals surface area contributed by atoms with E-state index >= 15 is 0 Å². The number of fused-ring (bicyclic) bond motifs is 1. The second-order valence-corrected chi connectivity index (χ2v) is 6.04. The number of nitrogens with one attached hydrogen (secondary N) is 2. The molecular formula is C20H16N4O2. The molecular weight excluding hydrogens is 328 g/mol. The van der Waals surface area contributed by atoms with Crippen molar-refractivity contribution in [2.45, 2.75) is 6.92 Å². The van der Waals surface area contributed by atoms with Gasteiger partial charge in [-0.2, -0.15) is 5.10 Å². The Kier molecular flexibility index (Phi) is 3.65.